The highest BCUT2D eigenvalue weighted by molar-refractivity contribution is 14.1. The Morgan fingerprint density at radius 1 is 1.11 bits per heavy atom. The number of nitrogens with one attached hydrogen (secondary N) is 1. The molecule has 2 aromatic rings. The number of likely N-dealkylation sites (N-methyl/N-ethyl adjacent to an activating group) is 1. The Kier molecular flexibility index (Phi) is 8.09. The summed E-state index contributed by atoms with van der Waals surface area (Å²) in [7, 11) is 0. The summed E-state index contributed by atoms with van der Waals surface area (Å²) in [6.45, 7) is 6.37. The number of aryl methyl sites for hydroxylation is 1. The van der Waals surface area contributed by atoms with Crippen LogP contribution in [0, 0.1) is 10.5 Å². The first kappa shape index (κ1) is 21.2. The number of hydrogen-bond donors (Lipinski definition) is 1. The monoisotopic (exact) mass is 480 g/mol. The van der Waals surface area contributed by atoms with Crippen LogP contribution in [0.2, 0.25) is 0 Å². The van der Waals surface area contributed by atoms with Crippen molar-refractivity contribution < 1.29 is 14.3 Å². The van der Waals surface area contributed by atoms with E-state index in [2.05, 4.69) is 27.9 Å². The Balaban J connectivity index is 2.11. The van der Waals surface area contributed by atoms with Crippen molar-refractivity contribution in [3.8, 4) is 5.75 Å². The van der Waals surface area contributed by atoms with Crippen LogP contribution < -0.4 is 10.1 Å². The number of benzene rings is 2. The van der Waals surface area contributed by atoms with E-state index < -0.39 is 6.04 Å². The molecule has 0 aromatic heterocycles. The Morgan fingerprint density at radius 2 is 1.74 bits per heavy atom. The smallest absolute Gasteiger partial charge is 0.261 e. The van der Waals surface area contributed by atoms with Crippen LogP contribution in [0.3, 0.4) is 0 Å². The van der Waals surface area contributed by atoms with Gasteiger partial charge >= 0.3 is 0 Å². The molecule has 27 heavy (non-hydrogen) atoms. The van der Waals surface area contributed by atoms with Crippen molar-refractivity contribution in [2.24, 2.45) is 0 Å². The maximum atomic E-state index is 12.8. The van der Waals surface area contributed by atoms with Crippen LogP contribution in [0.5, 0.6) is 5.75 Å². The van der Waals surface area contributed by atoms with Crippen LogP contribution in [0.25, 0.3) is 0 Å². The number of carbonyl (C=O) groups is 2. The molecule has 0 saturated carbocycles. The molecule has 0 spiro atoms. The number of amides is 2. The van der Waals surface area contributed by atoms with Gasteiger partial charge in [0.15, 0.2) is 6.61 Å². The molecule has 2 rings (SSSR count). The molecule has 1 atom stereocenters. The van der Waals surface area contributed by atoms with Crippen LogP contribution in [-0.2, 0) is 16.1 Å². The third-order valence-corrected chi connectivity index (χ3v) is 4.89. The molecule has 0 aliphatic heterocycles. The van der Waals surface area contributed by atoms with Gasteiger partial charge in [0.1, 0.15) is 11.8 Å². The Hall–Kier alpha value is -2.09. The second-order valence-electron chi connectivity index (χ2n) is 6.32. The van der Waals surface area contributed by atoms with Gasteiger partial charge in [-0.15, -0.1) is 0 Å². The largest absolute Gasteiger partial charge is 0.484 e. The van der Waals surface area contributed by atoms with Gasteiger partial charge < -0.3 is 15.0 Å². The van der Waals surface area contributed by atoms with Gasteiger partial charge in [-0.2, -0.15) is 0 Å². The zero-order valence-electron chi connectivity index (χ0n) is 15.9. The number of halogens is 1. The van der Waals surface area contributed by atoms with Crippen LogP contribution in [0.4, 0.5) is 0 Å². The zero-order chi connectivity index (χ0) is 19.8. The average Bonchev–Trinajstić information content (AvgIpc) is 2.66. The summed E-state index contributed by atoms with van der Waals surface area (Å²) in [6, 6.07) is 14.8. The highest BCUT2D eigenvalue weighted by Gasteiger charge is 2.26. The van der Waals surface area contributed by atoms with Crippen molar-refractivity contribution in [3.63, 3.8) is 0 Å². The summed E-state index contributed by atoms with van der Waals surface area (Å²) < 4.78 is 6.72. The lowest BCUT2D eigenvalue weighted by Crippen LogP contribution is -2.49. The average molecular weight is 480 g/mol. The molecular formula is C21H25IN2O3. The Morgan fingerprint density at radius 3 is 2.33 bits per heavy atom. The molecular weight excluding hydrogens is 455 g/mol. The summed E-state index contributed by atoms with van der Waals surface area (Å²) in [5.74, 6) is 0.227. The second-order valence-corrected chi connectivity index (χ2v) is 7.57. The molecule has 6 heteroatoms. The number of hydrogen-bond acceptors (Lipinski definition) is 3. The highest BCUT2D eigenvalue weighted by atomic mass is 127. The van der Waals surface area contributed by atoms with E-state index in [0.29, 0.717) is 18.8 Å². The molecule has 2 amide bonds. The van der Waals surface area contributed by atoms with E-state index in [1.807, 2.05) is 62.4 Å². The van der Waals surface area contributed by atoms with Gasteiger partial charge in [0.05, 0.1) is 0 Å². The summed E-state index contributed by atoms with van der Waals surface area (Å²) in [5.41, 5.74) is 2.12. The first-order chi connectivity index (χ1) is 12.9. The van der Waals surface area contributed by atoms with E-state index in [9.17, 15) is 9.59 Å². The highest BCUT2D eigenvalue weighted by Crippen LogP contribution is 2.15. The van der Waals surface area contributed by atoms with E-state index in [-0.39, 0.29) is 18.4 Å². The molecule has 0 fully saturated rings. The molecule has 0 heterocycles. The van der Waals surface area contributed by atoms with Crippen LogP contribution in [-0.4, -0.2) is 35.9 Å². The lowest BCUT2D eigenvalue weighted by atomic mass is 10.1. The summed E-state index contributed by atoms with van der Waals surface area (Å²) in [6.07, 6.45) is 0. The fourth-order valence-corrected chi connectivity index (χ4v) is 2.91. The van der Waals surface area contributed by atoms with Crippen molar-refractivity contribution in [1.29, 1.82) is 0 Å². The predicted octanol–water partition coefficient (Wildman–Crippen LogP) is 3.53. The maximum absolute atomic E-state index is 12.8. The molecule has 5 nitrogen and oxygen atoms in total. The van der Waals surface area contributed by atoms with E-state index >= 15 is 0 Å². The predicted molar refractivity (Wildman–Crippen MR) is 115 cm³/mol. The molecule has 144 valence electrons. The van der Waals surface area contributed by atoms with Gasteiger partial charge in [0, 0.05) is 16.7 Å². The second kappa shape index (κ2) is 10.3. The SMILES string of the molecule is CCNC(=O)[C@@H](C)N(Cc1ccc(C)cc1)C(=O)COc1ccc(I)cc1. The molecule has 0 bridgehead atoms. The lowest BCUT2D eigenvalue weighted by molar-refractivity contribution is -0.142. The molecule has 0 aliphatic carbocycles. The van der Waals surface area contributed by atoms with Crippen molar-refractivity contribution in [3.05, 3.63) is 63.2 Å². The fraction of sp³-hybridized carbons (Fsp3) is 0.333. The van der Waals surface area contributed by atoms with Crippen molar-refractivity contribution >= 4 is 34.4 Å². The minimum Gasteiger partial charge on any atom is -0.484 e. The standard InChI is InChI=1S/C21H25IN2O3/c1-4-23-21(26)16(3)24(13-17-7-5-15(2)6-8-17)20(25)14-27-19-11-9-18(22)10-12-19/h5-12,16H,4,13-14H2,1-3H3,(H,23,26)/t16-/m1/s1. The summed E-state index contributed by atoms with van der Waals surface area (Å²) in [5, 5.41) is 2.78. The molecule has 0 radical (unpaired) electrons. The van der Waals surface area contributed by atoms with Crippen molar-refractivity contribution in [2.45, 2.75) is 33.4 Å². The van der Waals surface area contributed by atoms with E-state index in [1.165, 1.54) is 0 Å². The summed E-state index contributed by atoms with van der Waals surface area (Å²) >= 11 is 2.21. The maximum Gasteiger partial charge on any atom is 0.261 e. The van der Waals surface area contributed by atoms with E-state index in [4.69, 9.17) is 4.74 Å². The zero-order valence-corrected chi connectivity index (χ0v) is 18.0. The van der Waals surface area contributed by atoms with Crippen molar-refractivity contribution in [2.75, 3.05) is 13.2 Å². The van der Waals surface area contributed by atoms with Gasteiger partial charge in [0.25, 0.3) is 5.91 Å². The minimum atomic E-state index is -0.584. The molecule has 0 aliphatic rings. The van der Waals surface area contributed by atoms with E-state index in [1.54, 1.807) is 11.8 Å². The van der Waals surface area contributed by atoms with Crippen LogP contribution >= 0.6 is 22.6 Å². The van der Waals surface area contributed by atoms with Gasteiger partial charge in [-0.3, -0.25) is 9.59 Å². The lowest BCUT2D eigenvalue weighted by Gasteiger charge is -2.28. The molecule has 0 unspecified atom stereocenters. The number of carbonyl (C=O) groups excluding carboxylic acids is 2. The first-order valence-electron chi connectivity index (χ1n) is 8.91. The van der Waals surface area contributed by atoms with Gasteiger partial charge in [-0.05, 0) is 73.2 Å². The molecule has 2 aromatic carbocycles. The van der Waals surface area contributed by atoms with Crippen LogP contribution in [0.15, 0.2) is 48.5 Å². The Labute approximate surface area is 174 Å². The third kappa shape index (κ3) is 6.53. The Bertz CT molecular complexity index is 760. The molecule has 0 saturated heterocycles. The molecule has 1 N–H and O–H groups in total. The summed E-state index contributed by atoms with van der Waals surface area (Å²) in [4.78, 5) is 26.7. The normalized spacial score (nSPS) is 11.6. The topological polar surface area (TPSA) is 58.6 Å². The quantitative estimate of drug-likeness (QED) is 0.589. The van der Waals surface area contributed by atoms with Gasteiger partial charge in [-0.1, -0.05) is 29.8 Å². The fourth-order valence-electron chi connectivity index (χ4n) is 2.55. The van der Waals surface area contributed by atoms with Gasteiger partial charge in [0.2, 0.25) is 5.91 Å². The van der Waals surface area contributed by atoms with E-state index in [0.717, 1.165) is 14.7 Å². The first-order valence-corrected chi connectivity index (χ1v) is 9.99. The number of rotatable bonds is 8. The number of ether oxygens (including phenoxy) is 1. The minimum absolute atomic E-state index is 0.115. The number of nitrogens with zero attached hydrogens (tertiary/aromatic N) is 1. The van der Waals surface area contributed by atoms with Crippen molar-refractivity contribution in [1.82, 2.24) is 10.2 Å². The van der Waals surface area contributed by atoms with Crippen LogP contribution in [0.1, 0.15) is 25.0 Å². The third-order valence-electron chi connectivity index (χ3n) is 4.17. The van der Waals surface area contributed by atoms with Gasteiger partial charge in [-0.25, -0.2) is 0 Å².